The van der Waals surface area contributed by atoms with Gasteiger partial charge >= 0.3 is 0 Å². The van der Waals surface area contributed by atoms with Crippen LogP contribution in [0.25, 0.3) is 0 Å². The summed E-state index contributed by atoms with van der Waals surface area (Å²) in [5.74, 6) is -0.141. The smallest absolute Gasteiger partial charge is 0.280 e. The summed E-state index contributed by atoms with van der Waals surface area (Å²) in [5.41, 5.74) is 5.63. The van der Waals surface area contributed by atoms with Gasteiger partial charge in [-0.25, -0.2) is 4.63 Å². The van der Waals surface area contributed by atoms with Crippen LogP contribution in [0.5, 0.6) is 0 Å². The van der Waals surface area contributed by atoms with E-state index in [4.69, 9.17) is 5.73 Å². The summed E-state index contributed by atoms with van der Waals surface area (Å²) in [4.78, 5) is 16.0. The second-order valence-electron chi connectivity index (χ2n) is 4.51. The molecule has 1 fully saturated rings. The molecule has 0 spiro atoms. The SMILES string of the molecule is CN(C)C1CCCN(C(=O)c2nonc2N)C1. The first-order valence-corrected chi connectivity index (χ1v) is 5.63. The summed E-state index contributed by atoms with van der Waals surface area (Å²) in [6.45, 7) is 1.42. The number of amides is 1. The van der Waals surface area contributed by atoms with E-state index in [-0.39, 0.29) is 17.4 Å². The summed E-state index contributed by atoms with van der Waals surface area (Å²) >= 11 is 0. The average molecular weight is 239 g/mol. The Morgan fingerprint density at radius 1 is 1.53 bits per heavy atom. The van der Waals surface area contributed by atoms with Crippen molar-refractivity contribution in [1.29, 1.82) is 0 Å². The third-order valence-corrected chi connectivity index (χ3v) is 3.13. The zero-order valence-corrected chi connectivity index (χ0v) is 10.1. The highest BCUT2D eigenvalue weighted by atomic mass is 16.6. The van der Waals surface area contributed by atoms with E-state index in [1.165, 1.54) is 0 Å². The number of hydrogen-bond acceptors (Lipinski definition) is 6. The van der Waals surface area contributed by atoms with Crippen LogP contribution in [0.1, 0.15) is 23.3 Å². The van der Waals surface area contributed by atoms with E-state index in [0.29, 0.717) is 12.6 Å². The molecular weight excluding hydrogens is 222 g/mol. The number of rotatable bonds is 2. The highest BCUT2D eigenvalue weighted by molar-refractivity contribution is 5.96. The first-order chi connectivity index (χ1) is 8.09. The topological polar surface area (TPSA) is 88.5 Å². The Morgan fingerprint density at radius 2 is 2.29 bits per heavy atom. The molecule has 2 heterocycles. The van der Waals surface area contributed by atoms with Crippen LogP contribution in [-0.2, 0) is 0 Å². The number of nitrogens with zero attached hydrogens (tertiary/aromatic N) is 4. The molecule has 17 heavy (non-hydrogen) atoms. The van der Waals surface area contributed by atoms with Crippen molar-refractivity contribution in [3.63, 3.8) is 0 Å². The first kappa shape index (κ1) is 11.8. The number of carbonyl (C=O) groups is 1. The fraction of sp³-hybridized carbons (Fsp3) is 0.700. The van der Waals surface area contributed by atoms with Gasteiger partial charge in [0.2, 0.25) is 11.5 Å². The Hall–Kier alpha value is -1.63. The van der Waals surface area contributed by atoms with E-state index < -0.39 is 0 Å². The van der Waals surface area contributed by atoms with Crippen molar-refractivity contribution < 1.29 is 9.42 Å². The Kier molecular flexibility index (Phi) is 3.28. The maximum atomic E-state index is 12.1. The largest absolute Gasteiger partial charge is 0.379 e. The number of nitrogens with two attached hydrogens (primary N) is 1. The summed E-state index contributed by atoms with van der Waals surface area (Å²) in [5, 5.41) is 6.97. The van der Waals surface area contributed by atoms with Crippen molar-refractivity contribution in [2.24, 2.45) is 0 Å². The van der Waals surface area contributed by atoms with E-state index in [1.54, 1.807) is 4.90 Å². The predicted molar refractivity (Wildman–Crippen MR) is 61.3 cm³/mol. The highest BCUT2D eigenvalue weighted by Gasteiger charge is 2.28. The molecule has 1 aromatic rings. The third-order valence-electron chi connectivity index (χ3n) is 3.13. The van der Waals surface area contributed by atoms with Crippen molar-refractivity contribution in [3.05, 3.63) is 5.69 Å². The molecule has 1 amide bonds. The van der Waals surface area contributed by atoms with Crippen LogP contribution in [-0.4, -0.2) is 59.2 Å². The Balaban J connectivity index is 2.07. The maximum absolute atomic E-state index is 12.1. The molecule has 1 aromatic heterocycles. The third kappa shape index (κ3) is 2.38. The monoisotopic (exact) mass is 239 g/mol. The Bertz CT molecular complexity index is 403. The fourth-order valence-electron chi connectivity index (χ4n) is 2.05. The van der Waals surface area contributed by atoms with E-state index >= 15 is 0 Å². The molecule has 0 saturated carbocycles. The van der Waals surface area contributed by atoms with Crippen LogP contribution in [0.2, 0.25) is 0 Å². The molecule has 1 unspecified atom stereocenters. The number of aromatic nitrogens is 2. The Morgan fingerprint density at radius 3 is 2.88 bits per heavy atom. The quantitative estimate of drug-likeness (QED) is 0.770. The van der Waals surface area contributed by atoms with Crippen LogP contribution in [0.15, 0.2) is 4.63 Å². The van der Waals surface area contributed by atoms with Crippen molar-refractivity contribution in [2.75, 3.05) is 32.9 Å². The summed E-state index contributed by atoms with van der Waals surface area (Å²) in [7, 11) is 4.04. The highest BCUT2D eigenvalue weighted by Crippen LogP contribution is 2.17. The van der Waals surface area contributed by atoms with Gasteiger partial charge in [-0.3, -0.25) is 4.79 Å². The molecule has 2 rings (SSSR count). The van der Waals surface area contributed by atoms with E-state index in [2.05, 4.69) is 19.8 Å². The summed E-state index contributed by atoms with van der Waals surface area (Å²) < 4.78 is 4.45. The van der Waals surface area contributed by atoms with Crippen LogP contribution >= 0.6 is 0 Å². The molecule has 7 heteroatoms. The molecule has 1 aliphatic heterocycles. The minimum absolute atomic E-state index is 0.0574. The second-order valence-corrected chi connectivity index (χ2v) is 4.51. The second kappa shape index (κ2) is 4.70. The van der Waals surface area contributed by atoms with Gasteiger partial charge in [-0.05, 0) is 37.3 Å². The average Bonchev–Trinajstić information content (AvgIpc) is 2.74. The van der Waals surface area contributed by atoms with Gasteiger partial charge in [0.15, 0.2) is 0 Å². The molecule has 0 aromatic carbocycles. The van der Waals surface area contributed by atoms with Crippen LogP contribution in [0, 0.1) is 0 Å². The van der Waals surface area contributed by atoms with Gasteiger partial charge in [-0.15, -0.1) is 0 Å². The van der Waals surface area contributed by atoms with Crippen molar-refractivity contribution in [3.8, 4) is 0 Å². The zero-order chi connectivity index (χ0) is 12.4. The van der Waals surface area contributed by atoms with Crippen LogP contribution in [0.3, 0.4) is 0 Å². The lowest BCUT2D eigenvalue weighted by Gasteiger charge is -2.35. The molecule has 7 nitrogen and oxygen atoms in total. The first-order valence-electron chi connectivity index (χ1n) is 5.63. The molecule has 1 saturated heterocycles. The number of likely N-dealkylation sites (N-methyl/N-ethyl adjacent to an activating group) is 1. The number of piperidine rings is 1. The number of carbonyl (C=O) groups excluding carboxylic acids is 1. The minimum Gasteiger partial charge on any atom is -0.379 e. The van der Waals surface area contributed by atoms with Crippen LogP contribution in [0.4, 0.5) is 5.82 Å². The number of anilines is 1. The molecule has 0 aliphatic carbocycles. The van der Waals surface area contributed by atoms with Gasteiger partial charge in [0.1, 0.15) is 0 Å². The zero-order valence-electron chi connectivity index (χ0n) is 10.1. The van der Waals surface area contributed by atoms with E-state index in [1.807, 2.05) is 14.1 Å². The van der Waals surface area contributed by atoms with Gasteiger partial charge in [0, 0.05) is 19.1 Å². The molecule has 1 aliphatic rings. The lowest BCUT2D eigenvalue weighted by atomic mass is 10.0. The van der Waals surface area contributed by atoms with E-state index in [9.17, 15) is 4.79 Å². The van der Waals surface area contributed by atoms with Gasteiger partial charge < -0.3 is 15.5 Å². The number of nitrogen functional groups attached to an aromatic ring is 1. The maximum Gasteiger partial charge on any atom is 0.280 e. The standard InChI is InChI=1S/C10H17N5O2/c1-14(2)7-4-3-5-15(6-7)10(16)8-9(11)13-17-12-8/h7H,3-6H2,1-2H3,(H2,11,13). The van der Waals surface area contributed by atoms with Gasteiger partial charge in [-0.1, -0.05) is 0 Å². The normalized spacial score (nSPS) is 20.9. The fourth-order valence-corrected chi connectivity index (χ4v) is 2.05. The molecule has 2 N–H and O–H groups in total. The Labute approximate surface area is 99.5 Å². The molecule has 0 bridgehead atoms. The van der Waals surface area contributed by atoms with Gasteiger partial charge in [-0.2, -0.15) is 0 Å². The van der Waals surface area contributed by atoms with Crippen molar-refractivity contribution in [2.45, 2.75) is 18.9 Å². The molecule has 94 valence electrons. The number of hydrogen-bond donors (Lipinski definition) is 1. The lowest BCUT2D eigenvalue weighted by molar-refractivity contribution is 0.0625. The number of likely N-dealkylation sites (tertiary alicyclic amines) is 1. The van der Waals surface area contributed by atoms with Gasteiger partial charge in [0.25, 0.3) is 5.91 Å². The van der Waals surface area contributed by atoms with E-state index in [0.717, 1.165) is 19.4 Å². The molecule has 1 atom stereocenters. The van der Waals surface area contributed by atoms with Crippen molar-refractivity contribution >= 4 is 11.7 Å². The molecule has 0 radical (unpaired) electrons. The lowest BCUT2D eigenvalue weighted by Crippen LogP contribution is -2.47. The summed E-state index contributed by atoms with van der Waals surface area (Å²) in [6, 6.07) is 0.383. The molecular formula is C10H17N5O2. The summed E-state index contributed by atoms with van der Waals surface area (Å²) in [6.07, 6.45) is 2.09. The van der Waals surface area contributed by atoms with Crippen LogP contribution < -0.4 is 5.73 Å². The van der Waals surface area contributed by atoms with Gasteiger partial charge in [0.05, 0.1) is 0 Å². The predicted octanol–water partition coefficient (Wildman–Crippen LogP) is -0.182. The minimum atomic E-state index is -0.199. The van der Waals surface area contributed by atoms with Crippen molar-refractivity contribution in [1.82, 2.24) is 20.1 Å².